The van der Waals surface area contributed by atoms with Gasteiger partial charge in [0.15, 0.2) is 5.82 Å². The van der Waals surface area contributed by atoms with Gasteiger partial charge in [0.25, 0.3) is 5.91 Å². The Hall–Kier alpha value is -3.68. The van der Waals surface area contributed by atoms with E-state index in [0.29, 0.717) is 35.7 Å². The monoisotopic (exact) mass is 362 g/mol. The van der Waals surface area contributed by atoms with E-state index in [1.807, 2.05) is 12.1 Å². The van der Waals surface area contributed by atoms with Crippen molar-refractivity contribution in [3.8, 4) is 11.5 Å². The highest BCUT2D eigenvalue weighted by atomic mass is 19.1. The smallest absolute Gasteiger partial charge is 0.252 e. The van der Waals surface area contributed by atoms with Crippen LogP contribution in [0.25, 0.3) is 17.2 Å². The standard InChI is InChI=1S/C19H15FN6O/c20-13-4-6-17-23-10-16(26(17)11-13)19-24-9-14(18(21)27)15(25-19)5-3-12-2-1-7-22-8-12/h1-2,4,6-11H,3,5H2,(H2,21,27). The molecule has 0 fully saturated rings. The number of aromatic nitrogens is 5. The third kappa shape index (κ3) is 3.37. The zero-order valence-electron chi connectivity index (χ0n) is 14.2. The molecule has 0 aromatic carbocycles. The van der Waals surface area contributed by atoms with E-state index < -0.39 is 11.7 Å². The van der Waals surface area contributed by atoms with E-state index >= 15 is 0 Å². The molecule has 4 aromatic rings. The largest absolute Gasteiger partial charge is 0.365 e. The van der Waals surface area contributed by atoms with E-state index in [9.17, 15) is 9.18 Å². The van der Waals surface area contributed by atoms with Gasteiger partial charge in [-0.3, -0.25) is 14.2 Å². The fraction of sp³-hybridized carbons (Fsp3) is 0.105. The Labute approximate surface area is 153 Å². The van der Waals surface area contributed by atoms with Gasteiger partial charge < -0.3 is 5.73 Å². The Morgan fingerprint density at radius 1 is 1.11 bits per heavy atom. The number of carbonyl (C=O) groups is 1. The minimum atomic E-state index is -0.591. The van der Waals surface area contributed by atoms with E-state index in [4.69, 9.17) is 5.73 Å². The van der Waals surface area contributed by atoms with Gasteiger partial charge in [0.2, 0.25) is 0 Å². The van der Waals surface area contributed by atoms with Gasteiger partial charge in [-0.1, -0.05) is 6.07 Å². The van der Waals surface area contributed by atoms with Crippen LogP contribution in [0, 0.1) is 5.82 Å². The predicted octanol–water partition coefficient (Wildman–Crippen LogP) is 2.21. The van der Waals surface area contributed by atoms with Crippen molar-refractivity contribution in [2.75, 3.05) is 0 Å². The summed E-state index contributed by atoms with van der Waals surface area (Å²) in [6, 6.07) is 6.71. The molecule has 7 nitrogen and oxygen atoms in total. The number of pyridine rings is 2. The van der Waals surface area contributed by atoms with Crippen LogP contribution in [0.5, 0.6) is 0 Å². The van der Waals surface area contributed by atoms with Crippen molar-refractivity contribution >= 4 is 11.6 Å². The molecule has 0 aliphatic heterocycles. The minimum absolute atomic E-state index is 0.266. The predicted molar refractivity (Wildman–Crippen MR) is 96.3 cm³/mol. The number of carbonyl (C=O) groups excluding carboxylic acids is 1. The number of amides is 1. The van der Waals surface area contributed by atoms with Crippen LogP contribution < -0.4 is 5.73 Å². The highest BCUT2D eigenvalue weighted by molar-refractivity contribution is 5.93. The van der Waals surface area contributed by atoms with Crippen LogP contribution >= 0.6 is 0 Å². The summed E-state index contributed by atoms with van der Waals surface area (Å²) in [5.74, 6) is -0.640. The Balaban J connectivity index is 1.73. The molecule has 2 N–H and O–H groups in total. The van der Waals surface area contributed by atoms with E-state index in [-0.39, 0.29) is 5.56 Å². The number of nitrogens with zero attached hydrogens (tertiary/aromatic N) is 5. The van der Waals surface area contributed by atoms with Gasteiger partial charge in [0.05, 0.1) is 17.5 Å². The van der Waals surface area contributed by atoms with Crippen LogP contribution in [-0.2, 0) is 12.8 Å². The Bertz CT molecular complexity index is 1130. The number of nitrogens with two attached hydrogens (primary N) is 1. The zero-order chi connectivity index (χ0) is 18.8. The quantitative estimate of drug-likeness (QED) is 0.587. The lowest BCUT2D eigenvalue weighted by molar-refractivity contribution is 0.0998. The number of primary amides is 1. The number of halogens is 1. The molecular weight excluding hydrogens is 347 g/mol. The van der Waals surface area contributed by atoms with Crippen LogP contribution in [0.2, 0.25) is 0 Å². The second kappa shape index (κ2) is 6.91. The van der Waals surface area contributed by atoms with E-state index in [2.05, 4.69) is 19.9 Å². The summed E-state index contributed by atoms with van der Waals surface area (Å²) >= 11 is 0. The van der Waals surface area contributed by atoms with Crippen LogP contribution in [0.3, 0.4) is 0 Å². The summed E-state index contributed by atoms with van der Waals surface area (Å²) in [6.45, 7) is 0. The maximum absolute atomic E-state index is 13.6. The van der Waals surface area contributed by atoms with Gasteiger partial charge in [-0.15, -0.1) is 0 Å². The van der Waals surface area contributed by atoms with Crippen molar-refractivity contribution in [3.05, 3.63) is 77.9 Å². The molecule has 0 saturated carbocycles. The SMILES string of the molecule is NC(=O)c1cnc(-c2cnc3ccc(F)cn23)nc1CCc1cccnc1. The van der Waals surface area contributed by atoms with Gasteiger partial charge in [0.1, 0.15) is 17.2 Å². The Kier molecular flexibility index (Phi) is 4.29. The summed E-state index contributed by atoms with van der Waals surface area (Å²) in [5.41, 5.74) is 8.38. The second-order valence-corrected chi connectivity index (χ2v) is 6.00. The Morgan fingerprint density at radius 2 is 2.00 bits per heavy atom. The van der Waals surface area contributed by atoms with Crippen molar-refractivity contribution in [2.45, 2.75) is 12.8 Å². The number of fused-ring (bicyclic) bond motifs is 1. The van der Waals surface area contributed by atoms with Gasteiger partial charge in [0, 0.05) is 24.8 Å². The maximum Gasteiger partial charge on any atom is 0.252 e. The van der Waals surface area contributed by atoms with Gasteiger partial charge in [-0.25, -0.2) is 19.3 Å². The molecule has 0 aliphatic carbocycles. The maximum atomic E-state index is 13.6. The van der Waals surface area contributed by atoms with E-state index in [1.54, 1.807) is 29.1 Å². The lowest BCUT2D eigenvalue weighted by Gasteiger charge is -2.08. The highest BCUT2D eigenvalue weighted by Gasteiger charge is 2.15. The topological polar surface area (TPSA) is 99.1 Å². The molecule has 0 bridgehead atoms. The molecule has 0 unspecified atom stereocenters. The fourth-order valence-electron chi connectivity index (χ4n) is 2.87. The summed E-state index contributed by atoms with van der Waals surface area (Å²) in [4.78, 5) is 28.8. The molecule has 8 heteroatoms. The fourth-order valence-corrected chi connectivity index (χ4v) is 2.87. The number of hydrogen-bond acceptors (Lipinski definition) is 5. The Morgan fingerprint density at radius 3 is 2.78 bits per heavy atom. The minimum Gasteiger partial charge on any atom is -0.365 e. The summed E-state index contributed by atoms with van der Waals surface area (Å²) in [7, 11) is 0. The number of hydrogen-bond donors (Lipinski definition) is 1. The lowest BCUT2D eigenvalue weighted by Crippen LogP contribution is -2.16. The van der Waals surface area contributed by atoms with Crippen molar-refractivity contribution in [3.63, 3.8) is 0 Å². The molecular formula is C19H15FN6O. The number of imidazole rings is 1. The van der Waals surface area contributed by atoms with E-state index in [1.165, 1.54) is 18.5 Å². The van der Waals surface area contributed by atoms with Gasteiger partial charge in [-0.05, 0) is 36.6 Å². The van der Waals surface area contributed by atoms with Gasteiger partial charge >= 0.3 is 0 Å². The van der Waals surface area contributed by atoms with Crippen molar-refractivity contribution in [1.82, 2.24) is 24.3 Å². The molecule has 0 aliphatic rings. The molecule has 1 amide bonds. The zero-order valence-corrected chi connectivity index (χ0v) is 14.2. The van der Waals surface area contributed by atoms with Crippen molar-refractivity contribution in [2.24, 2.45) is 5.73 Å². The summed E-state index contributed by atoms with van der Waals surface area (Å²) < 4.78 is 15.2. The molecule has 0 spiro atoms. The average Bonchev–Trinajstić information content (AvgIpc) is 3.10. The highest BCUT2D eigenvalue weighted by Crippen LogP contribution is 2.20. The van der Waals surface area contributed by atoms with Crippen LogP contribution in [0.15, 0.2) is 55.2 Å². The third-order valence-electron chi connectivity index (χ3n) is 4.21. The lowest BCUT2D eigenvalue weighted by atomic mass is 10.1. The van der Waals surface area contributed by atoms with Crippen molar-refractivity contribution in [1.29, 1.82) is 0 Å². The first-order valence-electron chi connectivity index (χ1n) is 8.29. The molecule has 134 valence electrons. The number of aryl methyl sites for hydroxylation is 2. The van der Waals surface area contributed by atoms with Crippen molar-refractivity contribution < 1.29 is 9.18 Å². The summed E-state index contributed by atoms with van der Waals surface area (Å²) in [5, 5.41) is 0. The number of rotatable bonds is 5. The summed E-state index contributed by atoms with van der Waals surface area (Å²) in [6.07, 6.45) is 8.89. The molecule has 4 heterocycles. The average molecular weight is 362 g/mol. The van der Waals surface area contributed by atoms with E-state index in [0.717, 1.165) is 5.56 Å². The molecule has 0 atom stereocenters. The third-order valence-corrected chi connectivity index (χ3v) is 4.21. The first-order valence-corrected chi connectivity index (χ1v) is 8.29. The van der Waals surface area contributed by atoms with Crippen LogP contribution in [0.1, 0.15) is 21.6 Å². The van der Waals surface area contributed by atoms with Crippen LogP contribution in [0.4, 0.5) is 4.39 Å². The normalized spacial score (nSPS) is 11.0. The first-order chi connectivity index (χ1) is 13.1. The molecule has 4 rings (SSSR count). The molecule has 4 aromatic heterocycles. The molecule has 0 saturated heterocycles. The second-order valence-electron chi connectivity index (χ2n) is 6.00. The molecule has 27 heavy (non-hydrogen) atoms. The van der Waals surface area contributed by atoms with Gasteiger partial charge in [-0.2, -0.15) is 0 Å². The first kappa shape index (κ1) is 16.8. The van der Waals surface area contributed by atoms with Crippen LogP contribution in [-0.4, -0.2) is 30.2 Å². The molecule has 0 radical (unpaired) electrons.